The SMILES string of the molecule is CCNC(=NCC(C)Sc1ccccc1)N1CCCC2(CNC(=O)C2)C1. The summed E-state index contributed by atoms with van der Waals surface area (Å²) in [6, 6.07) is 10.5. The molecule has 0 bridgehead atoms. The van der Waals surface area contributed by atoms with Gasteiger partial charge in [-0.05, 0) is 31.9 Å². The van der Waals surface area contributed by atoms with E-state index in [0.717, 1.165) is 51.5 Å². The minimum Gasteiger partial charge on any atom is -0.357 e. The van der Waals surface area contributed by atoms with Gasteiger partial charge in [-0.1, -0.05) is 25.1 Å². The Morgan fingerprint density at radius 1 is 1.42 bits per heavy atom. The lowest BCUT2D eigenvalue weighted by Crippen LogP contribution is -2.51. The molecule has 2 saturated heterocycles. The third-order valence-electron chi connectivity index (χ3n) is 5.07. The number of nitrogens with one attached hydrogen (secondary N) is 2. The lowest BCUT2D eigenvalue weighted by molar-refractivity contribution is -0.119. The average molecular weight is 375 g/mol. The molecule has 0 radical (unpaired) electrons. The molecule has 3 rings (SSSR count). The number of rotatable bonds is 5. The maximum atomic E-state index is 11.7. The molecule has 2 aliphatic rings. The van der Waals surface area contributed by atoms with E-state index in [4.69, 9.17) is 4.99 Å². The maximum absolute atomic E-state index is 11.7. The first-order valence-corrected chi connectivity index (χ1v) is 10.5. The zero-order chi connectivity index (χ0) is 18.4. The number of guanidine groups is 1. The van der Waals surface area contributed by atoms with Gasteiger partial charge in [0.25, 0.3) is 0 Å². The molecule has 1 aromatic carbocycles. The van der Waals surface area contributed by atoms with Crippen molar-refractivity contribution in [1.29, 1.82) is 0 Å². The van der Waals surface area contributed by atoms with Crippen LogP contribution >= 0.6 is 11.8 Å². The first-order chi connectivity index (χ1) is 12.6. The Kier molecular flexibility index (Phi) is 6.46. The van der Waals surface area contributed by atoms with Crippen LogP contribution in [0.2, 0.25) is 0 Å². The highest BCUT2D eigenvalue weighted by Gasteiger charge is 2.42. The second-order valence-electron chi connectivity index (χ2n) is 7.41. The molecule has 1 spiro atoms. The van der Waals surface area contributed by atoms with Gasteiger partial charge >= 0.3 is 0 Å². The van der Waals surface area contributed by atoms with Gasteiger partial charge in [-0.3, -0.25) is 9.79 Å². The largest absolute Gasteiger partial charge is 0.357 e. The molecule has 0 aromatic heterocycles. The van der Waals surface area contributed by atoms with E-state index >= 15 is 0 Å². The van der Waals surface area contributed by atoms with E-state index in [9.17, 15) is 4.79 Å². The molecule has 5 nitrogen and oxygen atoms in total. The monoisotopic (exact) mass is 374 g/mol. The van der Waals surface area contributed by atoms with Crippen molar-refractivity contribution in [2.45, 2.75) is 43.3 Å². The predicted octanol–water partition coefficient (Wildman–Crippen LogP) is 2.73. The standard InChI is InChI=1S/C20H30N4OS/c1-3-21-19(22-13-16(2)26-17-8-5-4-6-9-17)24-11-7-10-20(15-24)12-18(25)23-14-20/h4-6,8-9,16H,3,7,10-15H2,1-2H3,(H,21,22)(H,23,25). The molecule has 2 heterocycles. The number of hydrogen-bond acceptors (Lipinski definition) is 3. The fraction of sp³-hybridized carbons (Fsp3) is 0.600. The normalized spacial score (nSPS) is 24.6. The van der Waals surface area contributed by atoms with Crippen LogP contribution in [0, 0.1) is 5.41 Å². The number of amides is 1. The quantitative estimate of drug-likeness (QED) is 0.473. The van der Waals surface area contributed by atoms with Crippen LogP contribution < -0.4 is 10.6 Å². The van der Waals surface area contributed by atoms with Crippen molar-refractivity contribution >= 4 is 23.6 Å². The fourth-order valence-corrected chi connectivity index (χ4v) is 4.77. The summed E-state index contributed by atoms with van der Waals surface area (Å²) in [5.41, 5.74) is 0.0932. The summed E-state index contributed by atoms with van der Waals surface area (Å²) >= 11 is 1.86. The number of likely N-dealkylation sites (tertiary alicyclic amines) is 1. The van der Waals surface area contributed by atoms with Crippen LogP contribution in [0.25, 0.3) is 0 Å². The van der Waals surface area contributed by atoms with E-state index in [2.05, 4.69) is 53.6 Å². The summed E-state index contributed by atoms with van der Waals surface area (Å²) in [6.45, 7) is 8.71. The molecule has 2 N–H and O–H groups in total. The lowest BCUT2D eigenvalue weighted by atomic mass is 9.79. The molecule has 1 amide bonds. The summed E-state index contributed by atoms with van der Waals surface area (Å²) < 4.78 is 0. The predicted molar refractivity (Wildman–Crippen MR) is 109 cm³/mol. The van der Waals surface area contributed by atoms with Crippen molar-refractivity contribution in [3.8, 4) is 0 Å². The molecule has 2 atom stereocenters. The minimum absolute atomic E-state index is 0.0932. The number of thioether (sulfide) groups is 1. The van der Waals surface area contributed by atoms with Crippen molar-refractivity contribution in [2.75, 3.05) is 32.7 Å². The van der Waals surface area contributed by atoms with Gasteiger partial charge in [-0.15, -0.1) is 11.8 Å². The van der Waals surface area contributed by atoms with Crippen LogP contribution in [0.1, 0.15) is 33.1 Å². The summed E-state index contributed by atoms with van der Waals surface area (Å²) in [4.78, 5) is 20.3. The zero-order valence-electron chi connectivity index (χ0n) is 15.8. The Morgan fingerprint density at radius 3 is 2.92 bits per heavy atom. The van der Waals surface area contributed by atoms with Gasteiger partial charge in [0.15, 0.2) is 5.96 Å². The molecule has 2 aliphatic heterocycles. The average Bonchev–Trinajstić information content (AvgIpc) is 2.99. The van der Waals surface area contributed by atoms with E-state index in [0.29, 0.717) is 11.7 Å². The van der Waals surface area contributed by atoms with E-state index in [1.807, 2.05) is 17.8 Å². The van der Waals surface area contributed by atoms with Gasteiger partial charge in [0, 0.05) is 48.2 Å². The third kappa shape index (κ3) is 4.93. The van der Waals surface area contributed by atoms with E-state index in [-0.39, 0.29) is 11.3 Å². The molecule has 142 valence electrons. The molecule has 1 aromatic rings. The fourth-order valence-electron chi connectivity index (χ4n) is 3.84. The maximum Gasteiger partial charge on any atom is 0.220 e. The summed E-state index contributed by atoms with van der Waals surface area (Å²) in [5, 5.41) is 6.89. The van der Waals surface area contributed by atoms with E-state index in [1.165, 1.54) is 4.90 Å². The van der Waals surface area contributed by atoms with Crippen LogP contribution in [0.5, 0.6) is 0 Å². The number of aliphatic imine (C=N–C) groups is 1. The van der Waals surface area contributed by atoms with Crippen LogP contribution in [0.3, 0.4) is 0 Å². The van der Waals surface area contributed by atoms with Crippen molar-refractivity contribution in [1.82, 2.24) is 15.5 Å². The highest BCUT2D eigenvalue weighted by Crippen LogP contribution is 2.36. The third-order valence-corrected chi connectivity index (χ3v) is 6.17. The zero-order valence-corrected chi connectivity index (χ0v) is 16.6. The molecule has 2 fully saturated rings. The van der Waals surface area contributed by atoms with Gasteiger partial charge in [-0.2, -0.15) is 0 Å². The lowest BCUT2D eigenvalue weighted by Gasteiger charge is -2.40. The second kappa shape index (κ2) is 8.80. The molecule has 0 saturated carbocycles. The first-order valence-electron chi connectivity index (χ1n) is 9.62. The minimum atomic E-state index is 0.0932. The number of hydrogen-bond donors (Lipinski definition) is 2. The Labute approximate surface area is 161 Å². The van der Waals surface area contributed by atoms with Crippen LogP contribution in [0.4, 0.5) is 0 Å². The Hall–Kier alpha value is -1.69. The van der Waals surface area contributed by atoms with E-state index in [1.54, 1.807) is 0 Å². The van der Waals surface area contributed by atoms with Crippen LogP contribution in [0.15, 0.2) is 40.2 Å². The molecule has 2 unspecified atom stereocenters. The van der Waals surface area contributed by atoms with Crippen molar-refractivity contribution < 1.29 is 4.79 Å². The van der Waals surface area contributed by atoms with Gasteiger partial charge in [0.2, 0.25) is 5.91 Å². The number of benzene rings is 1. The topological polar surface area (TPSA) is 56.7 Å². The van der Waals surface area contributed by atoms with E-state index < -0.39 is 0 Å². The van der Waals surface area contributed by atoms with Crippen LogP contribution in [-0.2, 0) is 4.79 Å². The van der Waals surface area contributed by atoms with Gasteiger partial charge in [-0.25, -0.2) is 0 Å². The number of carbonyl (C=O) groups is 1. The molecule has 0 aliphatic carbocycles. The molecule has 26 heavy (non-hydrogen) atoms. The Balaban J connectivity index is 1.62. The van der Waals surface area contributed by atoms with Crippen molar-refractivity contribution in [3.63, 3.8) is 0 Å². The smallest absolute Gasteiger partial charge is 0.220 e. The Bertz CT molecular complexity index is 636. The number of piperidine rings is 1. The molecular formula is C20H30N4OS. The second-order valence-corrected chi connectivity index (χ2v) is 8.93. The van der Waals surface area contributed by atoms with Crippen molar-refractivity contribution in [3.05, 3.63) is 30.3 Å². The number of nitrogens with zero attached hydrogens (tertiary/aromatic N) is 2. The van der Waals surface area contributed by atoms with Gasteiger partial charge < -0.3 is 15.5 Å². The summed E-state index contributed by atoms with van der Waals surface area (Å²) in [7, 11) is 0. The highest BCUT2D eigenvalue weighted by atomic mass is 32.2. The highest BCUT2D eigenvalue weighted by molar-refractivity contribution is 8.00. The molecular weight excluding hydrogens is 344 g/mol. The summed E-state index contributed by atoms with van der Waals surface area (Å²) in [6.07, 6.45) is 2.90. The first kappa shape index (κ1) is 19.1. The van der Waals surface area contributed by atoms with Gasteiger partial charge in [0.1, 0.15) is 0 Å². The molecule has 6 heteroatoms. The number of carbonyl (C=O) groups excluding carboxylic acids is 1. The van der Waals surface area contributed by atoms with Crippen molar-refractivity contribution in [2.24, 2.45) is 10.4 Å². The van der Waals surface area contributed by atoms with Gasteiger partial charge in [0.05, 0.1) is 6.54 Å². The van der Waals surface area contributed by atoms with Crippen LogP contribution in [-0.4, -0.2) is 54.7 Å². The summed E-state index contributed by atoms with van der Waals surface area (Å²) in [5.74, 6) is 1.19. The Morgan fingerprint density at radius 2 is 2.23 bits per heavy atom.